The Bertz CT molecular complexity index is 1020. The zero-order chi connectivity index (χ0) is 22.3. The van der Waals surface area contributed by atoms with Gasteiger partial charge in [0.15, 0.2) is 0 Å². The molecule has 3 N–H and O–H groups in total. The molecule has 8 nitrogen and oxygen atoms in total. The lowest BCUT2D eigenvalue weighted by molar-refractivity contribution is -0.121. The van der Waals surface area contributed by atoms with E-state index in [0.717, 1.165) is 48.9 Å². The third-order valence-electron chi connectivity index (χ3n) is 5.42. The normalized spacial score (nSPS) is 14.8. The van der Waals surface area contributed by atoms with Crippen LogP contribution in [0.2, 0.25) is 0 Å². The fraction of sp³-hybridized carbons (Fsp3) is 0.348. The number of thiazole rings is 1. The monoisotopic (exact) mass is 453 g/mol. The number of urea groups is 1. The van der Waals surface area contributed by atoms with E-state index >= 15 is 0 Å². The molecule has 3 amide bonds. The minimum Gasteiger partial charge on any atom is -0.467 e. The summed E-state index contributed by atoms with van der Waals surface area (Å²) in [7, 11) is 0. The topological polar surface area (TPSA) is 99.5 Å². The van der Waals surface area contributed by atoms with Crippen LogP contribution in [0.1, 0.15) is 29.3 Å². The molecule has 3 heterocycles. The van der Waals surface area contributed by atoms with Crippen molar-refractivity contribution in [2.75, 3.05) is 23.7 Å². The summed E-state index contributed by atoms with van der Waals surface area (Å²) in [5, 5.41) is 11.7. The number of carbonyl (C=O) groups is 2. The summed E-state index contributed by atoms with van der Waals surface area (Å²) in [6, 6.07) is 10.4. The number of anilines is 2. The Hall–Kier alpha value is -3.17. The Labute approximate surface area is 191 Å². The zero-order valence-electron chi connectivity index (χ0n) is 18.0. The number of aromatic nitrogens is 1. The van der Waals surface area contributed by atoms with Gasteiger partial charge in [-0.25, -0.2) is 9.78 Å². The minimum absolute atomic E-state index is 0.00796. The number of hydrogen-bond donors (Lipinski definition) is 3. The molecule has 1 saturated heterocycles. The van der Waals surface area contributed by atoms with Crippen LogP contribution < -0.4 is 16.0 Å². The molecule has 3 aromatic rings. The highest BCUT2D eigenvalue weighted by Gasteiger charge is 2.25. The number of nitrogens with zero attached hydrogens (tertiary/aromatic N) is 2. The molecule has 0 aliphatic carbocycles. The molecular weight excluding hydrogens is 426 g/mol. The van der Waals surface area contributed by atoms with Crippen molar-refractivity contribution in [1.29, 1.82) is 0 Å². The molecule has 0 atom stereocenters. The third kappa shape index (κ3) is 6.18. The average Bonchev–Trinajstić information content (AvgIpc) is 3.46. The first-order valence-corrected chi connectivity index (χ1v) is 11.5. The van der Waals surface area contributed by atoms with Gasteiger partial charge < -0.3 is 20.4 Å². The van der Waals surface area contributed by atoms with Crippen LogP contribution in [0.4, 0.5) is 16.2 Å². The van der Waals surface area contributed by atoms with Gasteiger partial charge in [-0.15, -0.1) is 11.3 Å². The van der Waals surface area contributed by atoms with Crippen molar-refractivity contribution in [2.45, 2.75) is 32.9 Å². The summed E-state index contributed by atoms with van der Waals surface area (Å²) in [6.07, 6.45) is 3.24. The van der Waals surface area contributed by atoms with E-state index in [1.165, 1.54) is 0 Å². The van der Waals surface area contributed by atoms with Crippen LogP contribution >= 0.6 is 11.3 Å². The van der Waals surface area contributed by atoms with Gasteiger partial charge in [0.1, 0.15) is 5.76 Å². The van der Waals surface area contributed by atoms with E-state index in [9.17, 15) is 9.59 Å². The van der Waals surface area contributed by atoms with E-state index in [4.69, 9.17) is 4.42 Å². The van der Waals surface area contributed by atoms with Crippen molar-refractivity contribution >= 4 is 34.6 Å². The van der Waals surface area contributed by atoms with Crippen molar-refractivity contribution in [3.8, 4) is 0 Å². The number of nitrogens with one attached hydrogen (secondary N) is 3. The molecule has 0 bridgehead atoms. The maximum absolute atomic E-state index is 12.7. The molecule has 168 valence electrons. The van der Waals surface area contributed by atoms with Crippen LogP contribution in [0.15, 0.2) is 52.5 Å². The summed E-state index contributed by atoms with van der Waals surface area (Å²) < 4.78 is 5.18. The molecule has 0 radical (unpaired) electrons. The standard InChI is InChI=1S/C23H27N5O3S/c1-16-25-20(15-32-16)14-28-10-8-17(9-11-28)22(29)26-18-4-6-19(7-5-18)27-23(30)24-13-21-3-2-12-31-21/h2-7,12,15,17H,8-11,13-14H2,1H3,(H,26,29)(H2,24,27,30). The lowest BCUT2D eigenvalue weighted by Crippen LogP contribution is -2.37. The van der Waals surface area contributed by atoms with E-state index in [2.05, 4.69) is 31.2 Å². The van der Waals surface area contributed by atoms with Gasteiger partial charge in [0.2, 0.25) is 5.91 Å². The first-order chi connectivity index (χ1) is 15.5. The average molecular weight is 454 g/mol. The van der Waals surface area contributed by atoms with Crippen LogP contribution in [-0.4, -0.2) is 34.9 Å². The molecule has 2 aromatic heterocycles. The maximum Gasteiger partial charge on any atom is 0.319 e. The van der Waals surface area contributed by atoms with Gasteiger partial charge in [-0.2, -0.15) is 0 Å². The van der Waals surface area contributed by atoms with Gasteiger partial charge in [0.05, 0.1) is 23.5 Å². The van der Waals surface area contributed by atoms with E-state index < -0.39 is 0 Å². The van der Waals surface area contributed by atoms with Crippen LogP contribution in [0.25, 0.3) is 0 Å². The molecule has 0 unspecified atom stereocenters. The zero-order valence-corrected chi connectivity index (χ0v) is 18.8. The largest absolute Gasteiger partial charge is 0.467 e. The minimum atomic E-state index is -0.322. The van der Waals surface area contributed by atoms with Crippen LogP contribution in [0.5, 0.6) is 0 Å². The summed E-state index contributed by atoms with van der Waals surface area (Å²) in [5.41, 5.74) is 2.47. The van der Waals surface area contributed by atoms with Gasteiger partial charge >= 0.3 is 6.03 Å². The highest BCUT2D eigenvalue weighted by atomic mass is 32.1. The maximum atomic E-state index is 12.7. The van der Waals surface area contributed by atoms with Crippen molar-refractivity contribution in [3.63, 3.8) is 0 Å². The SMILES string of the molecule is Cc1nc(CN2CCC(C(=O)Nc3ccc(NC(=O)NCc4ccco4)cc3)CC2)cs1. The van der Waals surface area contributed by atoms with Crippen molar-refractivity contribution in [2.24, 2.45) is 5.92 Å². The summed E-state index contributed by atoms with van der Waals surface area (Å²) in [5.74, 6) is 0.738. The van der Waals surface area contributed by atoms with Crippen molar-refractivity contribution < 1.29 is 14.0 Å². The lowest BCUT2D eigenvalue weighted by Gasteiger charge is -2.30. The number of furan rings is 1. The van der Waals surface area contributed by atoms with Crippen molar-refractivity contribution in [3.05, 3.63) is 64.5 Å². The molecule has 0 saturated carbocycles. The Morgan fingerprint density at radius 3 is 2.47 bits per heavy atom. The summed E-state index contributed by atoms with van der Waals surface area (Å²) in [4.78, 5) is 31.5. The fourth-order valence-corrected chi connectivity index (χ4v) is 4.30. The Balaban J connectivity index is 1.19. The first kappa shape index (κ1) is 22.0. The van der Waals surface area contributed by atoms with E-state index in [0.29, 0.717) is 18.0 Å². The Morgan fingerprint density at radius 1 is 1.12 bits per heavy atom. The van der Waals surface area contributed by atoms with Crippen LogP contribution in [-0.2, 0) is 17.9 Å². The molecule has 1 aromatic carbocycles. The summed E-state index contributed by atoms with van der Waals surface area (Å²) in [6.45, 7) is 4.97. The number of amides is 3. The van der Waals surface area contributed by atoms with Gasteiger partial charge in [-0.1, -0.05) is 0 Å². The number of rotatable bonds is 7. The fourth-order valence-electron chi connectivity index (χ4n) is 3.70. The molecular formula is C23H27N5O3S. The van der Waals surface area contributed by atoms with Crippen LogP contribution in [0, 0.1) is 12.8 Å². The Kier molecular flexibility index (Phi) is 7.18. The second kappa shape index (κ2) is 10.4. The number of hydrogen-bond acceptors (Lipinski definition) is 6. The highest BCUT2D eigenvalue weighted by Crippen LogP contribution is 2.22. The quantitative estimate of drug-likeness (QED) is 0.498. The molecule has 9 heteroatoms. The molecule has 1 aliphatic heterocycles. The molecule has 0 spiro atoms. The van der Waals surface area contributed by atoms with Crippen LogP contribution in [0.3, 0.4) is 0 Å². The molecule has 1 fully saturated rings. The predicted molar refractivity (Wildman–Crippen MR) is 124 cm³/mol. The molecule has 4 rings (SSSR count). The second-order valence-corrected chi connectivity index (χ2v) is 8.92. The number of piperidine rings is 1. The second-order valence-electron chi connectivity index (χ2n) is 7.86. The predicted octanol–water partition coefficient (Wildman–Crippen LogP) is 4.22. The van der Waals surface area contributed by atoms with Crippen molar-refractivity contribution in [1.82, 2.24) is 15.2 Å². The van der Waals surface area contributed by atoms with E-state index in [1.54, 1.807) is 54.0 Å². The number of carbonyl (C=O) groups excluding carboxylic acids is 2. The number of likely N-dealkylation sites (tertiary alicyclic amines) is 1. The molecule has 1 aliphatic rings. The number of aryl methyl sites for hydroxylation is 1. The van der Waals surface area contributed by atoms with Gasteiger partial charge in [-0.3, -0.25) is 9.69 Å². The number of benzene rings is 1. The smallest absolute Gasteiger partial charge is 0.319 e. The lowest BCUT2D eigenvalue weighted by atomic mass is 9.95. The van der Waals surface area contributed by atoms with Gasteiger partial charge in [0, 0.05) is 29.2 Å². The Morgan fingerprint density at radius 2 is 1.84 bits per heavy atom. The third-order valence-corrected chi connectivity index (χ3v) is 6.25. The van der Waals surface area contributed by atoms with Gasteiger partial charge in [-0.05, 0) is 69.3 Å². The highest BCUT2D eigenvalue weighted by molar-refractivity contribution is 7.09. The first-order valence-electron chi connectivity index (χ1n) is 10.7. The van der Waals surface area contributed by atoms with E-state index in [-0.39, 0.29) is 17.9 Å². The van der Waals surface area contributed by atoms with E-state index in [1.807, 2.05) is 6.92 Å². The van der Waals surface area contributed by atoms with Gasteiger partial charge in [0.25, 0.3) is 0 Å². The molecule has 32 heavy (non-hydrogen) atoms. The summed E-state index contributed by atoms with van der Waals surface area (Å²) >= 11 is 1.67.